The molecule has 0 amide bonds. The lowest BCUT2D eigenvalue weighted by Gasteiger charge is -2.26. The van der Waals surface area contributed by atoms with E-state index >= 15 is 0 Å². The lowest BCUT2D eigenvalue weighted by atomic mass is 10.1. The molecule has 3 rings (SSSR count). The maximum Gasteiger partial charge on any atom is 0.321 e. The fourth-order valence-electron chi connectivity index (χ4n) is 3.30. The Morgan fingerprint density at radius 1 is 1.38 bits per heavy atom. The average Bonchev–Trinajstić information content (AvgIpc) is 3.14. The van der Waals surface area contributed by atoms with E-state index < -0.39 is 12.0 Å². The molecule has 1 aromatic carbocycles. The number of carboxylic acids is 1. The first-order chi connectivity index (χ1) is 12.6. The largest absolute Gasteiger partial charge is 0.493 e. The average molecular weight is 401 g/mol. The van der Waals surface area contributed by atoms with E-state index in [1.54, 1.807) is 18.9 Å². The minimum Gasteiger partial charge on any atom is -0.493 e. The Morgan fingerprint density at radius 2 is 2.15 bits per heavy atom. The van der Waals surface area contributed by atoms with Gasteiger partial charge in [-0.2, -0.15) is 0 Å². The van der Waals surface area contributed by atoms with Gasteiger partial charge in [-0.3, -0.25) is 15.0 Å². The van der Waals surface area contributed by atoms with E-state index in [2.05, 4.69) is 10.2 Å². The van der Waals surface area contributed by atoms with Gasteiger partial charge in [0, 0.05) is 12.3 Å². The summed E-state index contributed by atoms with van der Waals surface area (Å²) in [6.07, 6.45) is 3.82. The lowest BCUT2D eigenvalue weighted by Crippen LogP contribution is -2.33. The molecule has 2 fully saturated rings. The third-order valence-corrected chi connectivity index (χ3v) is 6.29. The molecular weight excluding hydrogens is 376 g/mol. The normalized spacial score (nSPS) is 23.8. The molecule has 0 aliphatic carbocycles. The number of nitrogens with zero attached hydrogens (tertiary/aromatic N) is 1. The Kier molecular flexibility index (Phi) is 6.92. The van der Waals surface area contributed by atoms with Gasteiger partial charge in [0.15, 0.2) is 11.5 Å². The minimum atomic E-state index is -0.837. The van der Waals surface area contributed by atoms with Gasteiger partial charge < -0.3 is 14.6 Å². The SMILES string of the molecule is COc1cc(C2NC(C(=O)O)CS2)cc(Cl)c1OCCN1CCCCC1. The van der Waals surface area contributed by atoms with Gasteiger partial charge in [0.25, 0.3) is 0 Å². The van der Waals surface area contributed by atoms with Crippen LogP contribution in [0.1, 0.15) is 30.2 Å². The summed E-state index contributed by atoms with van der Waals surface area (Å²) in [5, 5.41) is 12.6. The summed E-state index contributed by atoms with van der Waals surface area (Å²) in [5.74, 6) is 0.810. The van der Waals surface area contributed by atoms with Gasteiger partial charge in [-0.15, -0.1) is 11.8 Å². The van der Waals surface area contributed by atoms with Crippen molar-refractivity contribution in [3.8, 4) is 11.5 Å². The van der Waals surface area contributed by atoms with E-state index in [1.807, 2.05) is 12.1 Å². The highest BCUT2D eigenvalue weighted by molar-refractivity contribution is 7.99. The van der Waals surface area contributed by atoms with Crippen LogP contribution in [0.5, 0.6) is 11.5 Å². The molecule has 2 unspecified atom stereocenters. The van der Waals surface area contributed by atoms with Crippen molar-refractivity contribution in [1.82, 2.24) is 10.2 Å². The predicted molar refractivity (Wildman–Crippen MR) is 104 cm³/mol. The summed E-state index contributed by atoms with van der Waals surface area (Å²) < 4.78 is 11.4. The van der Waals surface area contributed by atoms with E-state index in [0.29, 0.717) is 28.9 Å². The van der Waals surface area contributed by atoms with Gasteiger partial charge in [-0.1, -0.05) is 18.0 Å². The third kappa shape index (κ3) is 4.76. The maximum atomic E-state index is 11.1. The van der Waals surface area contributed by atoms with Crippen LogP contribution in [-0.2, 0) is 4.79 Å². The summed E-state index contributed by atoms with van der Waals surface area (Å²) in [6.45, 7) is 3.69. The topological polar surface area (TPSA) is 71.0 Å². The highest BCUT2D eigenvalue weighted by Crippen LogP contribution is 2.41. The third-order valence-electron chi connectivity index (χ3n) is 4.74. The Hall–Kier alpha value is -1.15. The molecule has 2 aliphatic heterocycles. The number of hydrogen-bond acceptors (Lipinski definition) is 6. The standard InChI is InChI=1S/C18H25ClN2O4S/c1-24-15-10-12(17-20-14(11-26-17)18(22)23)9-13(19)16(15)25-8-7-21-5-3-2-4-6-21/h9-10,14,17,20H,2-8,11H2,1H3,(H,22,23). The summed E-state index contributed by atoms with van der Waals surface area (Å²) in [5.41, 5.74) is 0.893. The van der Waals surface area contributed by atoms with E-state index in [0.717, 1.165) is 25.2 Å². The van der Waals surface area contributed by atoms with Crippen LogP contribution in [0, 0.1) is 0 Å². The van der Waals surface area contributed by atoms with Crippen LogP contribution in [0.2, 0.25) is 5.02 Å². The molecule has 6 nitrogen and oxygen atoms in total. The molecule has 0 radical (unpaired) electrons. The molecule has 2 atom stereocenters. The first-order valence-electron chi connectivity index (χ1n) is 8.91. The number of carboxylic acid groups (broad SMARTS) is 1. The first-order valence-corrected chi connectivity index (χ1v) is 10.3. The molecule has 0 bridgehead atoms. The highest BCUT2D eigenvalue weighted by atomic mass is 35.5. The Balaban J connectivity index is 1.64. The Labute approximate surface area is 163 Å². The molecule has 0 aromatic heterocycles. The molecule has 2 N–H and O–H groups in total. The van der Waals surface area contributed by atoms with E-state index in [1.165, 1.54) is 19.3 Å². The molecule has 0 saturated carbocycles. The van der Waals surface area contributed by atoms with Crippen LogP contribution in [0.15, 0.2) is 12.1 Å². The van der Waals surface area contributed by atoms with Crippen LogP contribution in [0.25, 0.3) is 0 Å². The number of halogens is 1. The number of ether oxygens (including phenoxy) is 2. The van der Waals surface area contributed by atoms with Gasteiger partial charge in [-0.25, -0.2) is 0 Å². The van der Waals surface area contributed by atoms with E-state index in [-0.39, 0.29) is 5.37 Å². The van der Waals surface area contributed by atoms with Crippen molar-refractivity contribution < 1.29 is 19.4 Å². The van der Waals surface area contributed by atoms with Crippen LogP contribution < -0.4 is 14.8 Å². The number of piperidine rings is 1. The fraction of sp³-hybridized carbons (Fsp3) is 0.611. The predicted octanol–water partition coefficient (Wildman–Crippen LogP) is 3.00. The van der Waals surface area contributed by atoms with Crippen molar-refractivity contribution in [3.63, 3.8) is 0 Å². The van der Waals surface area contributed by atoms with E-state index in [4.69, 9.17) is 26.2 Å². The summed E-state index contributed by atoms with van der Waals surface area (Å²) >= 11 is 7.99. The highest BCUT2D eigenvalue weighted by Gasteiger charge is 2.31. The zero-order valence-corrected chi connectivity index (χ0v) is 16.4. The fourth-order valence-corrected chi connectivity index (χ4v) is 4.78. The van der Waals surface area contributed by atoms with Gasteiger partial charge in [0.2, 0.25) is 0 Å². The van der Waals surface area contributed by atoms with Crippen LogP contribution in [-0.4, -0.2) is 61.1 Å². The molecule has 2 aliphatic rings. The van der Waals surface area contributed by atoms with Crippen LogP contribution >= 0.6 is 23.4 Å². The summed E-state index contributed by atoms with van der Waals surface area (Å²) in [6, 6.07) is 3.15. The van der Waals surface area contributed by atoms with Gasteiger partial charge >= 0.3 is 5.97 Å². The first kappa shape index (κ1) is 19.6. The lowest BCUT2D eigenvalue weighted by molar-refractivity contribution is -0.138. The van der Waals surface area contributed by atoms with Gasteiger partial charge in [0.05, 0.1) is 17.5 Å². The molecular formula is C18H25ClN2O4S. The quantitative estimate of drug-likeness (QED) is 0.728. The molecule has 2 saturated heterocycles. The molecule has 0 spiro atoms. The smallest absolute Gasteiger partial charge is 0.321 e. The Morgan fingerprint density at radius 3 is 2.81 bits per heavy atom. The number of aliphatic carboxylic acids is 1. The van der Waals surface area contributed by atoms with Gasteiger partial charge in [0.1, 0.15) is 12.6 Å². The van der Waals surface area contributed by atoms with Crippen LogP contribution in [0.4, 0.5) is 0 Å². The maximum absolute atomic E-state index is 11.1. The molecule has 26 heavy (non-hydrogen) atoms. The molecule has 1 aromatic rings. The number of nitrogens with one attached hydrogen (secondary N) is 1. The van der Waals surface area contributed by atoms with E-state index in [9.17, 15) is 4.79 Å². The van der Waals surface area contributed by atoms with Crippen molar-refractivity contribution in [2.45, 2.75) is 30.7 Å². The zero-order valence-electron chi connectivity index (χ0n) is 14.9. The minimum absolute atomic E-state index is 0.120. The number of benzene rings is 1. The second kappa shape index (κ2) is 9.17. The van der Waals surface area contributed by atoms with Crippen molar-refractivity contribution >= 4 is 29.3 Å². The van der Waals surface area contributed by atoms with Crippen molar-refractivity contribution in [3.05, 3.63) is 22.7 Å². The van der Waals surface area contributed by atoms with Crippen molar-refractivity contribution in [1.29, 1.82) is 0 Å². The van der Waals surface area contributed by atoms with Crippen molar-refractivity contribution in [2.75, 3.05) is 39.1 Å². The van der Waals surface area contributed by atoms with Crippen LogP contribution in [0.3, 0.4) is 0 Å². The summed E-state index contributed by atoms with van der Waals surface area (Å²) in [4.78, 5) is 13.5. The molecule has 2 heterocycles. The number of rotatable bonds is 7. The Bertz CT molecular complexity index is 640. The molecule has 144 valence electrons. The molecule has 8 heteroatoms. The van der Waals surface area contributed by atoms with Crippen molar-refractivity contribution in [2.24, 2.45) is 0 Å². The second-order valence-electron chi connectivity index (χ2n) is 6.56. The summed E-state index contributed by atoms with van der Waals surface area (Å²) in [7, 11) is 1.59. The zero-order chi connectivity index (χ0) is 18.5. The van der Waals surface area contributed by atoms with Gasteiger partial charge in [-0.05, 0) is 43.6 Å². The number of likely N-dealkylation sites (tertiary alicyclic amines) is 1. The number of hydrogen-bond donors (Lipinski definition) is 2. The second-order valence-corrected chi connectivity index (χ2v) is 8.10. The number of carbonyl (C=O) groups is 1. The number of methoxy groups -OCH3 is 1. The monoisotopic (exact) mass is 400 g/mol. The number of thioether (sulfide) groups is 1.